The Kier molecular flexibility index (Phi) is 6.54. The third-order valence-corrected chi connectivity index (χ3v) is 3.68. The maximum atomic E-state index is 9.72. The summed E-state index contributed by atoms with van der Waals surface area (Å²) in [6, 6.07) is 17.0. The van der Waals surface area contributed by atoms with Gasteiger partial charge in [-0.1, -0.05) is 38.1 Å². The van der Waals surface area contributed by atoms with Gasteiger partial charge in [0, 0.05) is 5.41 Å². The molecule has 0 saturated heterocycles. The van der Waals surface area contributed by atoms with Gasteiger partial charge in [0.1, 0.15) is 11.5 Å². The van der Waals surface area contributed by atoms with Crippen LogP contribution in [0.15, 0.2) is 48.5 Å². The van der Waals surface area contributed by atoms with Gasteiger partial charge in [-0.25, -0.2) is 4.79 Å². The van der Waals surface area contributed by atoms with Crippen molar-refractivity contribution in [3.05, 3.63) is 59.7 Å². The van der Waals surface area contributed by atoms with Crippen molar-refractivity contribution >= 4 is 5.97 Å². The number of aromatic hydroxyl groups is 2. The molecular formula is C19H18N2O4. The number of hydrogen-bond donors (Lipinski definition) is 3. The van der Waals surface area contributed by atoms with Gasteiger partial charge in [0.2, 0.25) is 5.92 Å². The summed E-state index contributed by atoms with van der Waals surface area (Å²) in [6.07, 6.45) is 0. The minimum absolute atomic E-state index is 0.151. The number of nitriles is 2. The molecule has 0 bridgehead atoms. The lowest BCUT2D eigenvalue weighted by atomic mass is 9.78. The molecule has 0 aliphatic heterocycles. The number of hydrogen-bond acceptors (Lipinski definition) is 5. The van der Waals surface area contributed by atoms with Crippen LogP contribution in [-0.4, -0.2) is 21.3 Å². The van der Waals surface area contributed by atoms with Crippen LogP contribution >= 0.6 is 0 Å². The van der Waals surface area contributed by atoms with Gasteiger partial charge in [-0.15, -0.1) is 0 Å². The number of phenols is 2. The van der Waals surface area contributed by atoms with E-state index in [1.54, 1.807) is 24.3 Å². The number of carbonyl (C=O) groups is 1. The van der Waals surface area contributed by atoms with Crippen LogP contribution in [0.4, 0.5) is 0 Å². The Morgan fingerprint density at radius 2 is 1.20 bits per heavy atom. The Bertz CT molecular complexity index is 736. The molecular weight excluding hydrogens is 320 g/mol. The van der Waals surface area contributed by atoms with Crippen molar-refractivity contribution < 1.29 is 20.1 Å². The summed E-state index contributed by atoms with van der Waals surface area (Å²) >= 11 is 0. The van der Waals surface area contributed by atoms with E-state index >= 15 is 0 Å². The first-order valence-corrected chi connectivity index (χ1v) is 7.33. The fourth-order valence-electron chi connectivity index (χ4n) is 2.06. The molecule has 3 N–H and O–H groups in total. The molecule has 2 aromatic rings. The summed E-state index contributed by atoms with van der Waals surface area (Å²) in [5.74, 6) is -2.37. The molecule has 0 spiro atoms. The molecule has 0 aliphatic carbocycles. The number of phenolic OH excluding ortho intramolecular Hbond substituents is 2. The normalized spacial score (nSPS) is 10.1. The molecule has 6 heteroatoms. The third kappa shape index (κ3) is 5.26. The van der Waals surface area contributed by atoms with E-state index in [0.29, 0.717) is 0 Å². The second-order valence-electron chi connectivity index (χ2n) is 5.75. The first-order valence-electron chi connectivity index (χ1n) is 7.33. The average Bonchev–Trinajstić information content (AvgIpc) is 2.57. The fraction of sp³-hybridized carbons (Fsp3) is 0.211. The van der Waals surface area contributed by atoms with Crippen molar-refractivity contribution in [2.45, 2.75) is 19.3 Å². The summed E-state index contributed by atoms with van der Waals surface area (Å²) in [5, 5.41) is 42.2. The molecule has 0 fully saturated rings. The van der Waals surface area contributed by atoms with E-state index in [1.165, 1.54) is 12.1 Å². The molecule has 0 aliphatic rings. The highest BCUT2D eigenvalue weighted by atomic mass is 16.4. The van der Waals surface area contributed by atoms with Crippen LogP contribution in [0.5, 0.6) is 11.5 Å². The zero-order valence-corrected chi connectivity index (χ0v) is 13.8. The second-order valence-corrected chi connectivity index (χ2v) is 5.75. The van der Waals surface area contributed by atoms with Crippen molar-refractivity contribution in [1.82, 2.24) is 0 Å². The molecule has 0 atom stereocenters. The van der Waals surface area contributed by atoms with E-state index in [9.17, 15) is 15.0 Å². The van der Waals surface area contributed by atoms with Crippen LogP contribution in [-0.2, 0) is 10.2 Å². The molecule has 128 valence electrons. The largest absolute Gasteiger partial charge is 0.508 e. The number of rotatable bonds is 3. The molecule has 0 saturated carbocycles. The molecule has 0 radical (unpaired) electrons. The smallest absolute Gasteiger partial charge is 0.335 e. The van der Waals surface area contributed by atoms with Gasteiger partial charge in [0.25, 0.3) is 0 Å². The lowest BCUT2D eigenvalue weighted by Crippen LogP contribution is -2.18. The minimum Gasteiger partial charge on any atom is -0.508 e. The highest BCUT2D eigenvalue weighted by Crippen LogP contribution is 2.32. The van der Waals surface area contributed by atoms with Crippen molar-refractivity contribution in [3.63, 3.8) is 0 Å². The Morgan fingerprint density at radius 3 is 1.40 bits per heavy atom. The highest BCUT2D eigenvalue weighted by molar-refractivity contribution is 5.75. The number of carboxylic acids is 1. The number of benzene rings is 2. The van der Waals surface area contributed by atoms with Gasteiger partial charge in [-0.05, 0) is 35.4 Å². The maximum absolute atomic E-state index is 9.72. The first-order chi connectivity index (χ1) is 11.7. The minimum atomic E-state index is -1.52. The predicted molar refractivity (Wildman–Crippen MR) is 90.7 cm³/mol. The van der Waals surface area contributed by atoms with E-state index in [-0.39, 0.29) is 16.9 Å². The lowest BCUT2D eigenvalue weighted by molar-refractivity contribution is -0.138. The SMILES string of the molecule is CC(C)(c1ccc(O)cc1)c1ccc(O)cc1.N#CC(C#N)C(=O)O. The molecule has 0 heterocycles. The number of aliphatic carboxylic acids is 1. The Morgan fingerprint density at radius 1 is 0.880 bits per heavy atom. The molecule has 2 aromatic carbocycles. The summed E-state index contributed by atoms with van der Waals surface area (Å²) in [4.78, 5) is 9.72. The van der Waals surface area contributed by atoms with Crippen molar-refractivity contribution in [3.8, 4) is 23.6 Å². The summed E-state index contributed by atoms with van der Waals surface area (Å²) in [5.41, 5.74) is 2.10. The molecule has 0 amide bonds. The summed E-state index contributed by atoms with van der Waals surface area (Å²) in [7, 11) is 0. The van der Waals surface area contributed by atoms with Gasteiger partial charge in [-0.2, -0.15) is 10.5 Å². The van der Waals surface area contributed by atoms with Crippen LogP contribution in [0.25, 0.3) is 0 Å². The van der Waals surface area contributed by atoms with Gasteiger partial charge >= 0.3 is 5.97 Å². The van der Waals surface area contributed by atoms with Gasteiger partial charge in [-0.3, -0.25) is 0 Å². The van der Waals surface area contributed by atoms with Gasteiger partial charge in [0.15, 0.2) is 0 Å². The second kappa shape index (κ2) is 8.37. The van der Waals surface area contributed by atoms with Crippen molar-refractivity contribution in [1.29, 1.82) is 10.5 Å². The van der Waals surface area contributed by atoms with E-state index in [1.807, 2.05) is 24.3 Å². The summed E-state index contributed by atoms with van der Waals surface area (Å²) in [6.45, 7) is 4.23. The molecule has 25 heavy (non-hydrogen) atoms. The quantitative estimate of drug-likeness (QED) is 0.789. The highest BCUT2D eigenvalue weighted by Gasteiger charge is 2.22. The first kappa shape index (κ1) is 19.5. The van der Waals surface area contributed by atoms with Crippen molar-refractivity contribution in [2.24, 2.45) is 5.92 Å². The molecule has 6 nitrogen and oxygen atoms in total. The molecule has 0 unspecified atom stereocenters. The predicted octanol–water partition coefficient (Wildman–Crippen LogP) is 3.16. The molecule has 2 rings (SSSR count). The summed E-state index contributed by atoms with van der Waals surface area (Å²) < 4.78 is 0. The zero-order chi connectivity index (χ0) is 19.0. The molecule has 0 aromatic heterocycles. The Balaban J connectivity index is 0.000000333. The van der Waals surface area contributed by atoms with E-state index in [0.717, 1.165) is 11.1 Å². The van der Waals surface area contributed by atoms with Crippen LogP contribution in [0, 0.1) is 28.6 Å². The topological polar surface area (TPSA) is 125 Å². The lowest BCUT2D eigenvalue weighted by Gasteiger charge is -2.26. The van der Waals surface area contributed by atoms with Crippen LogP contribution in [0.3, 0.4) is 0 Å². The van der Waals surface area contributed by atoms with E-state index < -0.39 is 11.9 Å². The monoisotopic (exact) mass is 338 g/mol. The number of carboxylic acid groups (broad SMARTS) is 1. The maximum Gasteiger partial charge on any atom is 0.335 e. The standard InChI is InChI=1S/C15H16O2.C4H2N2O2/c1-15(2,11-3-7-13(16)8-4-11)12-5-9-14(17)10-6-12;5-1-3(2-6)4(7)8/h3-10,16-17H,1-2H3;3H,(H,7,8). The van der Waals surface area contributed by atoms with Gasteiger partial charge < -0.3 is 15.3 Å². The third-order valence-electron chi connectivity index (χ3n) is 3.68. The van der Waals surface area contributed by atoms with Crippen LogP contribution in [0.1, 0.15) is 25.0 Å². The van der Waals surface area contributed by atoms with E-state index in [4.69, 9.17) is 15.6 Å². The number of nitrogens with zero attached hydrogens (tertiary/aromatic N) is 2. The fourth-order valence-corrected chi connectivity index (χ4v) is 2.06. The Hall–Kier alpha value is -3.51. The van der Waals surface area contributed by atoms with Crippen LogP contribution < -0.4 is 0 Å². The van der Waals surface area contributed by atoms with Crippen LogP contribution in [0.2, 0.25) is 0 Å². The zero-order valence-electron chi connectivity index (χ0n) is 13.8. The van der Waals surface area contributed by atoms with Gasteiger partial charge in [0.05, 0.1) is 12.1 Å². The Labute approximate surface area is 145 Å². The van der Waals surface area contributed by atoms with E-state index in [2.05, 4.69) is 13.8 Å². The van der Waals surface area contributed by atoms with Crippen molar-refractivity contribution in [2.75, 3.05) is 0 Å². The average molecular weight is 338 g/mol.